The number of hydrogen-bond acceptors (Lipinski definition) is 11. The van der Waals surface area contributed by atoms with E-state index in [2.05, 4.69) is 20.0 Å². The summed E-state index contributed by atoms with van der Waals surface area (Å²) in [5.74, 6) is -1.43. The fourth-order valence-corrected chi connectivity index (χ4v) is 6.64. The van der Waals surface area contributed by atoms with Crippen molar-refractivity contribution in [3.63, 3.8) is 0 Å². The third kappa shape index (κ3) is 4.57. The van der Waals surface area contributed by atoms with Gasteiger partial charge in [-0.3, -0.25) is 9.78 Å². The van der Waals surface area contributed by atoms with Gasteiger partial charge in [0.05, 0.1) is 44.7 Å². The highest BCUT2D eigenvalue weighted by atomic mass is 32.2. The van der Waals surface area contributed by atoms with Crippen molar-refractivity contribution < 1.29 is 22.7 Å². The Bertz CT molecular complexity index is 1460. The van der Waals surface area contributed by atoms with Crippen LogP contribution in [-0.4, -0.2) is 50.0 Å². The number of nitriles is 1. The van der Waals surface area contributed by atoms with Crippen LogP contribution in [0.2, 0.25) is 0 Å². The average Bonchev–Trinajstić information content (AvgIpc) is 3.42. The third-order valence-corrected chi connectivity index (χ3v) is 9.22. The lowest BCUT2D eigenvalue weighted by atomic mass is 9.75. The number of nitrogens with one attached hydrogen (secondary N) is 2. The number of nitrogens with zero attached hydrogens (tertiary/aromatic N) is 3. The fraction of sp³-hybridized carbons (Fsp3) is 0.318. The zero-order chi connectivity index (χ0) is 25.4. The number of thiazole rings is 1. The lowest BCUT2D eigenvalue weighted by Crippen LogP contribution is -2.65. The number of ether oxygens (including phenoxy) is 1. The molecule has 1 fully saturated rings. The Kier molecular flexibility index (Phi) is 6.74. The Balaban J connectivity index is 1.65. The summed E-state index contributed by atoms with van der Waals surface area (Å²) >= 11 is 2.46. The van der Waals surface area contributed by atoms with Gasteiger partial charge in [-0.05, 0) is 39.0 Å². The second-order valence-electron chi connectivity index (χ2n) is 7.84. The number of pyridine rings is 1. The maximum Gasteiger partial charge on any atom is 0.340 e. The van der Waals surface area contributed by atoms with Gasteiger partial charge in [0.15, 0.2) is 0 Å². The molecule has 35 heavy (non-hydrogen) atoms. The summed E-state index contributed by atoms with van der Waals surface area (Å²) in [4.78, 5) is 35.0. The molecule has 0 spiro atoms. The van der Waals surface area contributed by atoms with E-state index in [1.54, 1.807) is 19.9 Å². The van der Waals surface area contributed by atoms with Gasteiger partial charge in [0.1, 0.15) is 15.7 Å². The first kappa shape index (κ1) is 24.9. The van der Waals surface area contributed by atoms with E-state index in [0.717, 1.165) is 16.3 Å². The molecule has 10 nitrogen and oxygen atoms in total. The van der Waals surface area contributed by atoms with Gasteiger partial charge in [0.25, 0.3) is 10.0 Å². The number of rotatable bonds is 7. The minimum absolute atomic E-state index is 0.00464. The average molecular weight is 532 g/mol. The summed E-state index contributed by atoms with van der Waals surface area (Å²) < 4.78 is 33.2. The van der Waals surface area contributed by atoms with Crippen LogP contribution in [0.15, 0.2) is 27.8 Å². The molecule has 0 unspecified atom stereocenters. The summed E-state index contributed by atoms with van der Waals surface area (Å²) in [6.45, 7) is 5.41. The fourth-order valence-electron chi connectivity index (χ4n) is 3.63. The van der Waals surface area contributed by atoms with Crippen LogP contribution in [0.5, 0.6) is 0 Å². The number of aromatic nitrogens is 2. The molecule has 0 bridgehead atoms. The molecule has 0 radical (unpaired) electrons. The first-order chi connectivity index (χ1) is 16.6. The Morgan fingerprint density at radius 3 is 2.60 bits per heavy atom. The molecular formula is C22H21N5O5S3. The van der Waals surface area contributed by atoms with Crippen molar-refractivity contribution in [2.24, 2.45) is 0 Å². The van der Waals surface area contributed by atoms with Crippen LogP contribution in [0.1, 0.15) is 39.2 Å². The molecule has 3 aromatic rings. The van der Waals surface area contributed by atoms with Crippen molar-refractivity contribution in [2.75, 3.05) is 19.7 Å². The van der Waals surface area contributed by atoms with E-state index in [9.17, 15) is 23.3 Å². The highest BCUT2D eigenvalue weighted by molar-refractivity contribution is 7.92. The second-order valence-corrected chi connectivity index (χ2v) is 11.9. The van der Waals surface area contributed by atoms with E-state index in [-0.39, 0.29) is 46.4 Å². The maximum atomic E-state index is 13.3. The molecule has 182 valence electrons. The predicted octanol–water partition coefficient (Wildman–Crippen LogP) is 2.28. The molecule has 1 saturated heterocycles. The minimum Gasteiger partial charge on any atom is -0.462 e. The number of thiophene rings is 1. The first-order valence-corrected chi connectivity index (χ1v) is 13.7. The Hall–Kier alpha value is -3.18. The van der Waals surface area contributed by atoms with Gasteiger partial charge in [-0.25, -0.2) is 22.9 Å². The van der Waals surface area contributed by atoms with Gasteiger partial charge in [-0.1, -0.05) is 0 Å². The number of aryl methyl sites for hydroxylation is 2. The second kappa shape index (κ2) is 9.46. The smallest absolute Gasteiger partial charge is 0.340 e. The van der Waals surface area contributed by atoms with Gasteiger partial charge in [-0.2, -0.15) is 5.26 Å². The van der Waals surface area contributed by atoms with E-state index in [0.29, 0.717) is 10.6 Å². The van der Waals surface area contributed by atoms with Crippen LogP contribution in [0.4, 0.5) is 0 Å². The molecule has 1 aliphatic rings. The van der Waals surface area contributed by atoms with Crippen molar-refractivity contribution in [1.29, 1.82) is 5.26 Å². The lowest BCUT2D eigenvalue weighted by molar-refractivity contribution is -0.126. The van der Waals surface area contributed by atoms with Crippen molar-refractivity contribution >= 4 is 44.6 Å². The maximum absolute atomic E-state index is 13.3. The van der Waals surface area contributed by atoms with E-state index < -0.39 is 27.3 Å². The molecule has 1 amide bonds. The summed E-state index contributed by atoms with van der Waals surface area (Å²) in [5.41, 5.74) is -0.203. The predicted molar refractivity (Wildman–Crippen MR) is 130 cm³/mol. The molecule has 0 aromatic carbocycles. The van der Waals surface area contributed by atoms with Crippen LogP contribution < -0.4 is 10.0 Å². The van der Waals surface area contributed by atoms with E-state index in [1.165, 1.54) is 23.5 Å². The SMILES string of the molecule is CCOC(=O)c1cc(C#N)c(C2(C(=O)NS(=O)(=O)c3ccc(-c4csc(C)n4)s3)CNC2)nc1C. The standard InChI is InChI=1S/C22H21N5O5S3/c1-4-32-20(28)15-7-14(8-23)19(25-12(15)2)22(10-24-11-22)21(29)27-35(30,31)18-6-5-17(34-18)16-9-33-13(3)26-16/h5-7,9,24H,4,10-11H2,1-3H3,(H,27,29). The third-order valence-electron chi connectivity index (χ3n) is 5.52. The molecule has 4 heterocycles. The monoisotopic (exact) mass is 531 g/mol. The zero-order valence-electron chi connectivity index (χ0n) is 19.0. The highest BCUT2D eigenvalue weighted by Gasteiger charge is 2.50. The number of sulfonamides is 1. The summed E-state index contributed by atoms with van der Waals surface area (Å²) in [7, 11) is -4.18. The summed E-state index contributed by atoms with van der Waals surface area (Å²) in [6, 6.07) is 6.38. The minimum atomic E-state index is -4.18. The van der Waals surface area contributed by atoms with Crippen molar-refractivity contribution in [1.82, 2.24) is 20.0 Å². The first-order valence-electron chi connectivity index (χ1n) is 10.5. The topological polar surface area (TPSA) is 151 Å². The summed E-state index contributed by atoms with van der Waals surface area (Å²) in [6.07, 6.45) is 0. The van der Waals surface area contributed by atoms with Gasteiger partial charge < -0.3 is 10.1 Å². The number of hydrogen-bond donors (Lipinski definition) is 2. The molecule has 0 aliphatic carbocycles. The Morgan fingerprint density at radius 1 is 1.29 bits per heavy atom. The lowest BCUT2D eigenvalue weighted by Gasteiger charge is -2.40. The largest absolute Gasteiger partial charge is 0.462 e. The van der Waals surface area contributed by atoms with Gasteiger partial charge in [0.2, 0.25) is 5.91 Å². The van der Waals surface area contributed by atoms with Crippen LogP contribution in [0.3, 0.4) is 0 Å². The van der Waals surface area contributed by atoms with Gasteiger partial charge in [-0.15, -0.1) is 22.7 Å². The molecule has 1 aliphatic heterocycles. The molecule has 3 aromatic heterocycles. The zero-order valence-corrected chi connectivity index (χ0v) is 21.5. The molecule has 4 rings (SSSR count). The van der Waals surface area contributed by atoms with Gasteiger partial charge >= 0.3 is 5.97 Å². The van der Waals surface area contributed by atoms with Crippen molar-refractivity contribution in [2.45, 2.75) is 30.4 Å². The molecule has 0 atom stereocenters. The molecule has 13 heteroatoms. The van der Waals surface area contributed by atoms with Gasteiger partial charge in [0, 0.05) is 18.5 Å². The van der Waals surface area contributed by atoms with E-state index in [4.69, 9.17) is 4.74 Å². The Labute approximate surface area is 210 Å². The molecule has 0 saturated carbocycles. The highest BCUT2D eigenvalue weighted by Crippen LogP contribution is 2.34. The summed E-state index contributed by atoms with van der Waals surface area (Å²) in [5, 5.41) is 15.4. The molecular weight excluding hydrogens is 510 g/mol. The molecule has 2 N–H and O–H groups in total. The van der Waals surface area contributed by atoms with Crippen molar-refractivity contribution in [3.05, 3.63) is 51.1 Å². The quantitative estimate of drug-likeness (QED) is 0.438. The Morgan fingerprint density at radius 2 is 2.03 bits per heavy atom. The van der Waals surface area contributed by atoms with Crippen LogP contribution in [-0.2, 0) is 25.0 Å². The van der Waals surface area contributed by atoms with E-state index >= 15 is 0 Å². The number of carbonyl (C=O) groups is 2. The van der Waals surface area contributed by atoms with Crippen molar-refractivity contribution in [3.8, 4) is 16.6 Å². The normalized spacial score (nSPS) is 14.6. The number of esters is 1. The number of carbonyl (C=O) groups excluding carboxylic acids is 2. The van der Waals surface area contributed by atoms with Crippen LogP contribution in [0.25, 0.3) is 10.6 Å². The van der Waals surface area contributed by atoms with Crippen LogP contribution >= 0.6 is 22.7 Å². The van der Waals surface area contributed by atoms with E-state index in [1.807, 2.05) is 18.4 Å². The van der Waals surface area contributed by atoms with Crippen LogP contribution in [0, 0.1) is 25.2 Å². The number of amides is 1.